The Hall–Kier alpha value is -2.30. The summed E-state index contributed by atoms with van der Waals surface area (Å²) in [7, 11) is 0. The zero-order chi connectivity index (χ0) is 18.1. The normalized spacial score (nSPS) is 16.4. The number of nitrogens with one attached hydrogen (secondary N) is 1. The maximum Gasteiger partial charge on any atom is 0.330 e. The standard InChI is InChI=1S/C19H25NO4/c1-11(2)24-16-12(3)7-6-8-15(16)17(21)20-19(18(22)23)9-13(4)14(5)10-19/h6-8,11H,9-10H2,1-5H3,(H,20,21)(H,22,23). The average molecular weight is 331 g/mol. The van der Waals surface area contributed by atoms with Crippen LogP contribution >= 0.6 is 0 Å². The van der Waals surface area contributed by atoms with Gasteiger partial charge in [-0.1, -0.05) is 23.3 Å². The fourth-order valence-corrected chi connectivity index (χ4v) is 3.07. The van der Waals surface area contributed by atoms with Gasteiger partial charge >= 0.3 is 5.97 Å². The number of hydrogen-bond donors (Lipinski definition) is 2. The fraction of sp³-hybridized carbons (Fsp3) is 0.474. The third-order valence-corrected chi connectivity index (χ3v) is 4.43. The lowest BCUT2D eigenvalue weighted by atomic mass is 9.93. The Balaban J connectivity index is 2.33. The summed E-state index contributed by atoms with van der Waals surface area (Å²) in [6.45, 7) is 9.46. The van der Waals surface area contributed by atoms with Crippen molar-refractivity contribution in [3.8, 4) is 5.75 Å². The van der Waals surface area contributed by atoms with Crippen molar-refractivity contribution in [2.45, 2.75) is 59.1 Å². The number of ether oxygens (including phenoxy) is 1. The number of aliphatic carboxylic acids is 1. The number of amides is 1. The monoisotopic (exact) mass is 331 g/mol. The molecule has 1 aromatic rings. The number of benzene rings is 1. The summed E-state index contributed by atoms with van der Waals surface area (Å²) in [5, 5.41) is 12.4. The molecule has 1 aliphatic carbocycles. The number of carboxylic acids is 1. The average Bonchev–Trinajstić information content (AvgIpc) is 2.76. The maximum absolute atomic E-state index is 12.8. The predicted molar refractivity (Wildman–Crippen MR) is 92.4 cm³/mol. The van der Waals surface area contributed by atoms with Gasteiger partial charge in [-0.15, -0.1) is 0 Å². The molecule has 0 unspecified atom stereocenters. The van der Waals surface area contributed by atoms with Crippen molar-refractivity contribution in [3.63, 3.8) is 0 Å². The summed E-state index contributed by atoms with van der Waals surface area (Å²) >= 11 is 0. The number of carboxylic acid groups (broad SMARTS) is 1. The smallest absolute Gasteiger partial charge is 0.330 e. The number of hydrogen-bond acceptors (Lipinski definition) is 3. The number of aryl methyl sites for hydroxylation is 1. The van der Waals surface area contributed by atoms with E-state index in [-0.39, 0.29) is 6.10 Å². The lowest BCUT2D eigenvalue weighted by Gasteiger charge is -2.27. The SMILES string of the molecule is CC1=C(C)CC(NC(=O)c2cccc(C)c2OC(C)C)(C(=O)O)C1. The van der Waals surface area contributed by atoms with Crippen molar-refractivity contribution >= 4 is 11.9 Å². The molecule has 2 rings (SSSR count). The first-order chi connectivity index (χ1) is 11.2. The van der Waals surface area contributed by atoms with Crippen LogP contribution in [0.2, 0.25) is 0 Å². The van der Waals surface area contributed by atoms with Crippen LogP contribution in [0, 0.1) is 6.92 Å². The van der Waals surface area contributed by atoms with Gasteiger partial charge in [0.15, 0.2) is 0 Å². The molecule has 0 aliphatic heterocycles. The predicted octanol–water partition coefficient (Wildman–Crippen LogP) is 3.47. The highest BCUT2D eigenvalue weighted by Crippen LogP contribution is 2.35. The molecule has 1 amide bonds. The Labute approximate surface area is 142 Å². The molecule has 0 saturated heterocycles. The van der Waals surface area contributed by atoms with Crippen LogP contribution in [0.5, 0.6) is 5.75 Å². The fourth-order valence-electron chi connectivity index (χ4n) is 3.07. The van der Waals surface area contributed by atoms with Crippen LogP contribution in [0.25, 0.3) is 0 Å². The van der Waals surface area contributed by atoms with Crippen LogP contribution in [-0.2, 0) is 4.79 Å². The third kappa shape index (κ3) is 3.45. The molecule has 0 heterocycles. The lowest BCUT2D eigenvalue weighted by molar-refractivity contribution is -0.144. The molecule has 1 aliphatic rings. The molecule has 5 heteroatoms. The number of carbonyl (C=O) groups excluding carboxylic acids is 1. The van der Waals surface area contributed by atoms with Crippen molar-refractivity contribution in [3.05, 3.63) is 40.5 Å². The van der Waals surface area contributed by atoms with Gasteiger partial charge in [-0.25, -0.2) is 4.79 Å². The summed E-state index contributed by atoms with van der Waals surface area (Å²) < 4.78 is 5.78. The van der Waals surface area contributed by atoms with Crippen molar-refractivity contribution < 1.29 is 19.4 Å². The van der Waals surface area contributed by atoms with Gasteiger partial charge in [0.05, 0.1) is 11.7 Å². The zero-order valence-electron chi connectivity index (χ0n) is 14.9. The van der Waals surface area contributed by atoms with Crippen LogP contribution in [0.1, 0.15) is 56.5 Å². The highest BCUT2D eigenvalue weighted by molar-refractivity contribution is 6.00. The Morgan fingerprint density at radius 3 is 2.25 bits per heavy atom. The van der Waals surface area contributed by atoms with Gasteiger partial charge in [0.1, 0.15) is 11.3 Å². The zero-order valence-corrected chi connectivity index (χ0v) is 14.9. The van der Waals surface area contributed by atoms with E-state index in [2.05, 4.69) is 5.32 Å². The van der Waals surface area contributed by atoms with E-state index in [9.17, 15) is 14.7 Å². The summed E-state index contributed by atoms with van der Waals surface area (Å²) in [5.41, 5.74) is 1.97. The van der Waals surface area contributed by atoms with Gasteiger partial charge in [-0.2, -0.15) is 0 Å². The highest BCUT2D eigenvalue weighted by Gasteiger charge is 2.44. The summed E-state index contributed by atoms with van der Waals surface area (Å²) in [4.78, 5) is 24.6. The minimum Gasteiger partial charge on any atom is -0.490 e. The van der Waals surface area contributed by atoms with E-state index < -0.39 is 17.4 Å². The van der Waals surface area contributed by atoms with Gasteiger partial charge in [0.25, 0.3) is 5.91 Å². The van der Waals surface area contributed by atoms with E-state index >= 15 is 0 Å². The van der Waals surface area contributed by atoms with Crippen LogP contribution in [0.4, 0.5) is 0 Å². The summed E-state index contributed by atoms with van der Waals surface area (Å²) in [6.07, 6.45) is 0.571. The summed E-state index contributed by atoms with van der Waals surface area (Å²) in [5.74, 6) is -0.921. The second-order valence-corrected chi connectivity index (χ2v) is 6.87. The molecule has 0 saturated carbocycles. The van der Waals surface area contributed by atoms with Gasteiger partial charge < -0.3 is 15.2 Å². The van der Waals surface area contributed by atoms with E-state index in [0.29, 0.717) is 24.2 Å². The first kappa shape index (κ1) is 18.0. The number of para-hydroxylation sites is 1. The highest BCUT2D eigenvalue weighted by atomic mass is 16.5. The van der Waals surface area contributed by atoms with Gasteiger partial charge in [-0.05, 0) is 46.2 Å². The van der Waals surface area contributed by atoms with Crippen molar-refractivity contribution in [1.29, 1.82) is 0 Å². The van der Waals surface area contributed by atoms with Crippen LogP contribution in [-0.4, -0.2) is 28.6 Å². The van der Waals surface area contributed by atoms with E-state index in [4.69, 9.17) is 4.74 Å². The first-order valence-electron chi connectivity index (χ1n) is 8.13. The van der Waals surface area contributed by atoms with Crippen LogP contribution < -0.4 is 10.1 Å². The topological polar surface area (TPSA) is 75.6 Å². The molecule has 24 heavy (non-hydrogen) atoms. The minimum atomic E-state index is -1.27. The van der Waals surface area contributed by atoms with Crippen molar-refractivity contribution in [2.24, 2.45) is 0 Å². The van der Waals surface area contributed by atoms with Crippen molar-refractivity contribution in [1.82, 2.24) is 5.32 Å². The minimum absolute atomic E-state index is 0.0799. The number of rotatable bonds is 5. The second kappa shape index (κ2) is 6.67. The molecule has 1 aromatic carbocycles. The molecule has 2 N–H and O–H groups in total. The molecule has 0 atom stereocenters. The Morgan fingerprint density at radius 1 is 1.17 bits per heavy atom. The van der Waals surface area contributed by atoms with Gasteiger partial charge in [0, 0.05) is 12.8 Å². The molecule has 0 fully saturated rings. The van der Waals surface area contributed by atoms with E-state index in [1.807, 2.05) is 40.7 Å². The van der Waals surface area contributed by atoms with Crippen LogP contribution in [0.3, 0.4) is 0 Å². The largest absolute Gasteiger partial charge is 0.490 e. The third-order valence-electron chi connectivity index (χ3n) is 4.43. The Kier molecular flexibility index (Phi) is 5.02. The molecule has 0 bridgehead atoms. The van der Waals surface area contributed by atoms with E-state index in [1.54, 1.807) is 12.1 Å². The molecule has 0 aromatic heterocycles. The van der Waals surface area contributed by atoms with Crippen molar-refractivity contribution in [2.75, 3.05) is 0 Å². The Bertz CT molecular complexity index is 689. The molecule has 0 radical (unpaired) electrons. The van der Waals surface area contributed by atoms with E-state index in [1.165, 1.54) is 0 Å². The lowest BCUT2D eigenvalue weighted by Crippen LogP contribution is -2.53. The van der Waals surface area contributed by atoms with Crippen LogP contribution in [0.15, 0.2) is 29.3 Å². The first-order valence-corrected chi connectivity index (χ1v) is 8.13. The molecular formula is C19H25NO4. The molecule has 0 spiro atoms. The summed E-state index contributed by atoms with van der Waals surface area (Å²) in [6, 6.07) is 5.30. The molecular weight excluding hydrogens is 306 g/mol. The molecule has 5 nitrogen and oxygen atoms in total. The maximum atomic E-state index is 12.8. The van der Waals surface area contributed by atoms with E-state index in [0.717, 1.165) is 16.7 Å². The van der Waals surface area contributed by atoms with Gasteiger partial charge in [0.2, 0.25) is 0 Å². The number of carbonyl (C=O) groups is 2. The van der Waals surface area contributed by atoms with Gasteiger partial charge in [-0.3, -0.25) is 4.79 Å². The second-order valence-electron chi connectivity index (χ2n) is 6.87. The quantitative estimate of drug-likeness (QED) is 0.810. The Morgan fingerprint density at radius 2 is 1.75 bits per heavy atom. The molecule has 130 valence electrons.